The van der Waals surface area contributed by atoms with Crippen molar-refractivity contribution in [3.8, 4) is 0 Å². The minimum Gasteiger partial charge on any atom is -0.469 e. The maximum absolute atomic E-state index is 12.0. The number of amides is 1. The van der Waals surface area contributed by atoms with Gasteiger partial charge in [-0.3, -0.25) is 14.4 Å². The van der Waals surface area contributed by atoms with Crippen molar-refractivity contribution in [1.82, 2.24) is 0 Å². The first kappa shape index (κ1) is 17.2. The molecular formula is C15H19NO4S. The van der Waals surface area contributed by atoms with E-state index in [9.17, 15) is 14.4 Å². The predicted octanol–water partition coefficient (Wildman–Crippen LogP) is 2.51. The molecule has 114 valence electrons. The summed E-state index contributed by atoms with van der Waals surface area (Å²) < 4.78 is 4.54. The van der Waals surface area contributed by atoms with Crippen molar-refractivity contribution in [3.05, 3.63) is 29.8 Å². The van der Waals surface area contributed by atoms with Crippen molar-refractivity contribution in [3.63, 3.8) is 0 Å². The number of benzene rings is 1. The Labute approximate surface area is 128 Å². The fraction of sp³-hybridized carbons (Fsp3) is 0.400. The molecule has 0 spiro atoms. The van der Waals surface area contributed by atoms with Crippen LogP contribution in [0.3, 0.4) is 0 Å². The van der Waals surface area contributed by atoms with Gasteiger partial charge in [0.25, 0.3) is 0 Å². The van der Waals surface area contributed by atoms with Crippen molar-refractivity contribution in [2.75, 3.05) is 18.2 Å². The third kappa shape index (κ3) is 5.99. The van der Waals surface area contributed by atoms with E-state index in [0.717, 1.165) is 0 Å². The van der Waals surface area contributed by atoms with Crippen molar-refractivity contribution in [1.29, 1.82) is 0 Å². The Bertz CT molecular complexity index is 513. The second-order valence-corrected chi connectivity index (χ2v) is 5.91. The average molecular weight is 309 g/mol. The first-order valence-electron chi connectivity index (χ1n) is 6.54. The zero-order chi connectivity index (χ0) is 15.8. The van der Waals surface area contributed by atoms with Gasteiger partial charge in [0, 0.05) is 17.0 Å². The number of carbonyl (C=O) groups is 3. The molecule has 1 atom stereocenters. The van der Waals surface area contributed by atoms with Gasteiger partial charge < -0.3 is 10.1 Å². The summed E-state index contributed by atoms with van der Waals surface area (Å²) in [5.41, 5.74) is 1.25. The van der Waals surface area contributed by atoms with Crippen LogP contribution >= 0.6 is 11.8 Å². The van der Waals surface area contributed by atoms with Gasteiger partial charge in [0.05, 0.1) is 18.8 Å². The Morgan fingerprint density at radius 1 is 1.24 bits per heavy atom. The van der Waals surface area contributed by atoms with E-state index in [4.69, 9.17) is 0 Å². The first-order valence-corrected chi connectivity index (χ1v) is 7.59. The number of hydrogen-bond donors (Lipinski definition) is 1. The lowest BCUT2D eigenvalue weighted by Crippen LogP contribution is -2.23. The van der Waals surface area contributed by atoms with Crippen LogP contribution < -0.4 is 5.32 Å². The number of carbonyl (C=O) groups excluding carboxylic acids is 3. The molecule has 0 fully saturated rings. The summed E-state index contributed by atoms with van der Waals surface area (Å²) in [6.45, 7) is 3.27. The Balaban J connectivity index is 2.44. The highest BCUT2D eigenvalue weighted by Crippen LogP contribution is 2.16. The number of ketones is 1. The van der Waals surface area contributed by atoms with E-state index in [0.29, 0.717) is 17.0 Å². The second kappa shape index (κ2) is 8.46. The van der Waals surface area contributed by atoms with Crippen molar-refractivity contribution in [2.24, 2.45) is 0 Å². The molecule has 0 saturated heterocycles. The molecule has 0 aliphatic rings. The number of esters is 1. The lowest BCUT2D eigenvalue weighted by atomic mass is 10.1. The number of hydrogen-bond acceptors (Lipinski definition) is 5. The first-order chi connectivity index (χ1) is 9.93. The molecule has 0 unspecified atom stereocenters. The minimum atomic E-state index is -0.282. The van der Waals surface area contributed by atoms with Crippen LogP contribution in [0.2, 0.25) is 0 Å². The van der Waals surface area contributed by atoms with Gasteiger partial charge in [0.15, 0.2) is 5.78 Å². The second-order valence-electron chi connectivity index (χ2n) is 4.46. The lowest BCUT2D eigenvalue weighted by molar-refractivity contribution is -0.140. The molecule has 5 nitrogen and oxygen atoms in total. The third-order valence-electron chi connectivity index (χ3n) is 2.83. The quantitative estimate of drug-likeness (QED) is 0.619. The van der Waals surface area contributed by atoms with Gasteiger partial charge in [0.1, 0.15) is 0 Å². The molecule has 0 aliphatic carbocycles. The number of Topliss-reactive ketones (excluding diaryl/α,β-unsaturated/α-hetero) is 1. The SMILES string of the molecule is COC(=O)CCS[C@@H](C)C(=O)Nc1ccc(C(C)=O)cc1. The van der Waals surface area contributed by atoms with Crippen LogP contribution in [0, 0.1) is 0 Å². The molecule has 1 rings (SSSR count). The summed E-state index contributed by atoms with van der Waals surface area (Å²) in [6.07, 6.45) is 0.284. The molecule has 1 amide bonds. The van der Waals surface area contributed by atoms with Crippen LogP contribution in [-0.2, 0) is 14.3 Å². The molecule has 0 aliphatic heterocycles. The summed E-state index contributed by atoms with van der Waals surface area (Å²) in [5, 5.41) is 2.50. The summed E-state index contributed by atoms with van der Waals surface area (Å²) in [7, 11) is 1.34. The van der Waals surface area contributed by atoms with Gasteiger partial charge in [-0.15, -0.1) is 11.8 Å². The average Bonchev–Trinajstić information content (AvgIpc) is 2.47. The van der Waals surface area contributed by atoms with E-state index in [2.05, 4.69) is 10.1 Å². The number of rotatable bonds is 7. The number of ether oxygens (including phenoxy) is 1. The van der Waals surface area contributed by atoms with Gasteiger partial charge in [-0.05, 0) is 38.1 Å². The topological polar surface area (TPSA) is 72.5 Å². The van der Waals surface area contributed by atoms with Gasteiger partial charge in [-0.25, -0.2) is 0 Å². The van der Waals surface area contributed by atoms with E-state index in [1.54, 1.807) is 31.2 Å². The molecule has 0 heterocycles. The molecule has 0 radical (unpaired) electrons. The Morgan fingerprint density at radius 2 is 1.86 bits per heavy atom. The highest BCUT2D eigenvalue weighted by Gasteiger charge is 2.14. The van der Waals surface area contributed by atoms with Crippen molar-refractivity contribution >= 4 is 35.1 Å². The number of methoxy groups -OCH3 is 1. The van der Waals surface area contributed by atoms with Crippen LogP contribution in [0.5, 0.6) is 0 Å². The largest absolute Gasteiger partial charge is 0.469 e. The fourth-order valence-corrected chi connectivity index (χ4v) is 2.38. The molecule has 1 N–H and O–H groups in total. The molecule has 0 bridgehead atoms. The fourth-order valence-electron chi connectivity index (χ4n) is 1.53. The number of thioether (sulfide) groups is 1. The molecule has 6 heteroatoms. The smallest absolute Gasteiger partial charge is 0.306 e. The van der Waals surface area contributed by atoms with E-state index in [1.807, 2.05) is 0 Å². The molecular weight excluding hydrogens is 290 g/mol. The van der Waals surface area contributed by atoms with Crippen molar-refractivity contribution in [2.45, 2.75) is 25.5 Å². The standard InChI is InChI=1S/C15H19NO4S/c1-10(17)12-4-6-13(7-5-12)16-15(19)11(2)21-9-8-14(18)20-3/h4-7,11H,8-9H2,1-3H3,(H,16,19)/t11-/m0/s1. The van der Waals surface area contributed by atoms with Crippen LogP contribution in [0.4, 0.5) is 5.69 Å². The molecule has 21 heavy (non-hydrogen) atoms. The lowest BCUT2D eigenvalue weighted by Gasteiger charge is -2.11. The number of anilines is 1. The van der Waals surface area contributed by atoms with Gasteiger partial charge in [-0.1, -0.05) is 0 Å². The highest BCUT2D eigenvalue weighted by atomic mass is 32.2. The Kier molecular flexibility index (Phi) is 6.94. The number of nitrogens with one attached hydrogen (secondary N) is 1. The molecule has 0 saturated carbocycles. The van der Waals surface area contributed by atoms with E-state index in [-0.39, 0.29) is 29.3 Å². The zero-order valence-corrected chi connectivity index (χ0v) is 13.2. The maximum atomic E-state index is 12.0. The summed E-state index contributed by atoms with van der Waals surface area (Å²) in [4.78, 5) is 34.1. The van der Waals surface area contributed by atoms with Gasteiger partial charge in [0.2, 0.25) is 5.91 Å². The zero-order valence-electron chi connectivity index (χ0n) is 12.3. The predicted molar refractivity (Wildman–Crippen MR) is 83.6 cm³/mol. The van der Waals surface area contributed by atoms with E-state index < -0.39 is 0 Å². The molecule has 0 aromatic heterocycles. The van der Waals surface area contributed by atoms with Crippen LogP contribution in [0.15, 0.2) is 24.3 Å². The maximum Gasteiger partial charge on any atom is 0.306 e. The van der Waals surface area contributed by atoms with E-state index in [1.165, 1.54) is 25.8 Å². The van der Waals surface area contributed by atoms with Crippen LogP contribution in [0.1, 0.15) is 30.6 Å². The summed E-state index contributed by atoms with van der Waals surface area (Å²) >= 11 is 1.39. The minimum absolute atomic E-state index is 0.0142. The van der Waals surface area contributed by atoms with Gasteiger partial charge >= 0.3 is 5.97 Å². The Hall–Kier alpha value is -1.82. The molecule has 1 aromatic carbocycles. The summed E-state index contributed by atoms with van der Waals surface area (Å²) in [5.74, 6) is 0.0971. The van der Waals surface area contributed by atoms with Gasteiger partial charge in [-0.2, -0.15) is 0 Å². The Morgan fingerprint density at radius 3 is 2.38 bits per heavy atom. The molecule has 1 aromatic rings. The van der Waals surface area contributed by atoms with Crippen molar-refractivity contribution < 1.29 is 19.1 Å². The van der Waals surface area contributed by atoms with E-state index >= 15 is 0 Å². The highest BCUT2D eigenvalue weighted by molar-refractivity contribution is 8.00. The summed E-state index contributed by atoms with van der Waals surface area (Å²) in [6, 6.07) is 6.74. The van der Waals surface area contributed by atoms with Crippen LogP contribution in [0.25, 0.3) is 0 Å². The van der Waals surface area contributed by atoms with Crippen LogP contribution in [-0.4, -0.2) is 35.8 Å². The third-order valence-corrected chi connectivity index (χ3v) is 3.98. The normalized spacial score (nSPS) is 11.6. The monoisotopic (exact) mass is 309 g/mol.